The van der Waals surface area contributed by atoms with Crippen LogP contribution in [0, 0.1) is 23.2 Å². The average molecular weight is 331 g/mol. The van der Waals surface area contributed by atoms with Crippen molar-refractivity contribution in [3.8, 4) is 6.07 Å². The van der Waals surface area contributed by atoms with E-state index in [0.717, 1.165) is 42.0 Å². The summed E-state index contributed by atoms with van der Waals surface area (Å²) in [6.07, 6.45) is 4.84. The molecule has 5 nitrogen and oxygen atoms in total. The molecule has 0 aliphatic heterocycles. The standard InChI is InChI=1S/C17H21N3O2S/c18-8-9-19-17(22)16-7-2-1-4-13(16)11-23-15-6-3-5-14(10-15)20-12-21/h3,5-6,10,12-13,16H,1-2,4,7,9,11H2,(H,19,22)(H,20,21)/t13-,16+/m0/s1. The molecular formula is C17H21N3O2S. The Morgan fingerprint density at radius 3 is 3.00 bits per heavy atom. The molecule has 0 spiro atoms. The van der Waals surface area contributed by atoms with Crippen LogP contribution in [0.3, 0.4) is 0 Å². The van der Waals surface area contributed by atoms with Crippen molar-refractivity contribution in [3.05, 3.63) is 24.3 Å². The first-order valence-corrected chi connectivity index (χ1v) is 8.81. The second kappa shape index (κ2) is 9.21. The van der Waals surface area contributed by atoms with Crippen molar-refractivity contribution < 1.29 is 9.59 Å². The zero-order valence-corrected chi connectivity index (χ0v) is 13.8. The molecule has 1 fully saturated rings. The van der Waals surface area contributed by atoms with Crippen LogP contribution >= 0.6 is 11.8 Å². The number of amides is 2. The summed E-state index contributed by atoms with van der Waals surface area (Å²) in [4.78, 5) is 23.8. The summed E-state index contributed by atoms with van der Waals surface area (Å²) in [5.74, 6) is 1.21. The fourth-order valence-corrected chi connectivity index (χ4v) is 4.15. The monoisotopic (exact) mass is 331 g/mol. The minimum absolute atomic E-state index is 0.000817. The van der Waals surface area contributed by atoms with Crippen LogP contribution < -0.4 is 10.6 Å². The van der Waals surface area contributed by atoms with Crippen molar-refractivity contribution in [2.24, 2.45) is 11.8 Å². The maximum absolute atomic E-state index is 12.2. The van der Waals surface area contributed by atoms with Gasteiger partial charge in [0.15, 0.2) is 0 Å². The quantitative estimate of drug-likeness (QED) is 0.457. The topological polar surface area (TPSA) is 82.0 Å². The van der Waals surface area contributed by atoms with Gasteiger partial charge in [0.2, 0.25) is 12.3 Å². The number of nitrogens with zero attached hydrogens (tertiary/aromatic N) is 1. The molecule has 1 saturated carbocycles. The van der Waals surface area contributed by atoms with Gasteiger partial charge in [0.05, 0.1) is 6.07 Å². The molecule has 1 aliphatic rings. The van der Waals surface area contributed by atoms with E-state index in [1.54, 1.807) is 11.8 Å². The third-order valence-corrected chi connectivity index (χ3v) is 5.29. The second-order valence-corrected chi connectivity index (χ2v) is 6.72. The zero-order valence-electron chi connectivity index (χ0n) is 13.0. The molecule has 2 N–H and O–H groups in total. The number of thioether (sulfide) groups is 1. The highest BCUT2D eigenvalue weighted by Gasteiger charge is 2.30. The molecule has 2 rings (SSSR count). The molecule has 0 saturated heterocycles. The number of carbonyl (C=O) groups is 2. The van der Waals surface area contributed by atoms with Gasteiger partial charge in [-0.2, -0.15) is 5.26 Å². The number of carbonyl (C=O) groups excluding carboxylic acids is 2. The van der Waals surface area contributed by atoms with Gasteiger partial charge in [0.1, 0.15) is 6.54 Å². The number of anilines is 1. The Morgan fingerprint density at radius 2 is 2.22 bits per heavy atom. The van der Waals surface area contributed by atoms with E-state index in [-0.39, 0.29) is 18.4 Å². The smallest absolute Gasteiger partial charge is 0.224 e. The average Bonchev–Trinajstić information content (AvgIpc) is 2.59. The maximum Gasteiger partial charge on any atom is 0.224 e. The van der Waals surface area contributed by atoms with E-state index in [2.05, 4.69) is 10.6 Å². The first-order valence-electron chi connectivity index (χ1n) is 7.82. The molecule has 0 bridgehead atoms. The number of benzene rings is 1. The molecule has 0 radical (unpaired) electrons. The summed E-state index contributed by atoms with van der Waals surface area (Å²) in [6, 6.07) is 9.65. The van der Waals surface area contributed by atoms with Gasteiger partial charge >= 0.3 is 0 Å². The molecule has 0 heterocycles. The van der Waals surface area contributed by atoms with Crippen LogP contribution in [0.1, 0.15) is 25.7 Å². The Hall–Kier alpha value is -2.00. The highest BCUT2D eigenvalue weighted by molar-refractivity contribution is 7.99. The summed E-state index contributed by atoms with van der Waals surface area (Å²) in [5, 5.41) is 13.9. The van der Waals surface area contributed by atoms with Crippen LogP contribution in [-0.2, 0) is 9.59 Å². The summed E-state index contributed by atoms with van der Waals surface area (Å²) >= 11 is 1.71. The molecule has 6 heteroatoms. The van der Waals surface area contributed by atoms with Gasteiger partial charge in [0, 0.05) is 22.3 Å². The van der Waals surface area contributed by atoms with E-state index in [1.807, 2.05) is 30.3 Å². The van der Waals surface area contributed by atoms with Crippen molar-refractivity contribution in [3.63, 3.8) is 0 Å². The maximum atomic E-state index is 12.2. The van der Waals surface area contributed by atoms with Crippen LogP contribution in [0.5, 0.6) is 0 Å². The molecule has 2 amide bonds. The fraction of sp³-hybridized carbons (Fsp3) is 0.471. The van der Waals surface area contributed by atoms with Crippen LogP contribution in [-0.4, -0.2) is 24.6 Å². The van der Waals surface area contributed by atoms with Gasteiger partial charge < -0.3 is 10.6 Å². The van der Waals surface area contributed by atoms with Gasteiger partial charge in [-0.1, -0.05) is 18.9 Å². The van der Waals surface area contributed by atoms with Crippen molar-refractivity contribution >= 4 is 29.8 Å². The number of rotatable bonds is 7. The molecule has 2 atom stereocenters. The highest BCUT2D eigenvalue weighted by Crippen LogP contribution is 2.35. The lowest BCUT2D eigenvalue weighted by molar-refractivity contribution is -0.127. The Labute approximate surface area is 140 Å². The van der Waals surface area contributed by atoms with Crippen molar-refractivity contribution in [2.45, 2.75) is 30.6 Å². The van der Waals surface area contributed by atoms with Crippen LogP contribution in [0.2, 0.25) is 0 Å². The Balaban J connectivity index is 1.94. The van der Waals surface area contributed by atoms with E-state index in [1.165, 1.54) is 0 Å². The molecule has 23 heavy (non-hydrogen) atoms. The molecular weight excluding hydrogens is 310 g/mol. The summed E-state index contributed by atoms with van der Waals surface area (Å²) in [5.41, 5.74) is 0.775. The Kier molecular flexibility index (Phi) is 6.95. The Bertz CT molecular complexity index is 585. The molecule has 0 aromatic heterocycles. The van der Waals surface area contributed by atoms with E-state index in [4.69, 9.17) is 5.26 Å². The van der Waals surface area contributed by atoms with Crippen LogP contribution in [0.25, 0.3) is 0 Å². The predicted molar refractivity (Wildman–Crippen MR) is 90.9 cm³/mol. The van der Waals surface area contributed by atoms with Gasteiger partial charge in [-0.3, -0.25) is 9.59 Å². The van der Waals surface area contributed by atoms with Gasteiger partial charge in [-0.25, -0.2) is 0 Å². The Morgan fingerprint density at radius 1 is 1.39 bits per heavy atom. The van der Waals surface area contributed by atoms with Crippen molar-refractivity contribution in [1.82, 2.24) is 5.32 Å². The third-order valence-electron chi connectivity index (χ3n) is 4.11. The number of hydrogen-bond donors (Lipinski definition) is 2. The van der Waals surface area contributed by atoms with E-state index in [0.29, 0.717) is 12.3 Å². The van der Waals surface area contributed by atoms with Gasteiger partial charge in [-0.15, -0.1) is 11.8 Å². The molecule has 1 aromatic rings. The minimum Gasteiger partial charge on any atom is -0.343 e. The summed E-state index contributed by atoms with van der Waals surface area (Å²) in [7, 11) is 0. The van der Waals surface area contributed by atoms with E-state index >= 15 is 0 Å². The normalized spacial score (nSPS) is 20.3. The highest BCUT2D eigenvalue weighted by atomic mass is 32.2. The fourth-order valence-electron chi connectivity index (χ4n) is 2.96. The first kappa shape index (κ1) is 17.4. The third kappa shape index (κ3) is 5.29. The predicted octanol–water partition coefficient (Wildman–Crippen LogP) is 2.79. The minimum atomic E-state index is 0.000817. The van der Waals surface area contributed by atoms with E-state index in [9.17, 15) is 9.59 Å². The second-order valence-electron chi connectivity index (χ2n) is 5.63. The van der Waals surface area contributed by atoms with Gasteiger partial charge in [-0.05, 0) is 37.0 Å². The number of hydrogen-bond acceptors (Lipinski definition) is 4. The molecule has 122 valence electrons. The lowest BCUT2D eigenvalue weighted by Gasteiger charge is -2.30. The first-order chi connectivity index (χ1) is 11.2. The van der Waals surface area contributed by atoms with Crippen molar-refractivity contribution in [2.75, 3.05) is 17.6 Å². The van der Waals surface area contributed by atoms with Crippen molar-refractivity contribution in [1.29, 1.82) is 5.26 Å². The number of nitriles is 1. The van der Waals surface area contributed by atoms with Crippen LogP contribution in [0.15, 0.2) is 29.2 Å². The van der Waals surface area contributed by atoms with Crippen LogP contribution in [0.4, 0.5) is 5.69 Å². The SMILES string of the molecule is N#CCNC(=O)[C@@H]1CCCC[C@H]1CSc1cccc(NC=O)c1. The largest absolute Gasteiger partial charge is 0.343 e. The molecule has 0 unspecified atom stereocenters. The van der Waals surface area contributed by atoms with Gasteiger partial charge in [0.25, 0.3) is 0 Å². The lowest BCUT2D eigenvalue weighted by atomic mass is 9.80. The zero-order chi connectivity index (χ0) is 16.5. The number of nitrogens with one attached hydrogen (secondary N) is 2. The lowest BCUT2D eigenvalue weighted by Crippen LogP contribution is -2.37. The van der Waals surface area contributed by atoms with E-state index < -0.39 is 0 Å². The summed E-state index contributed by atoms with van der Waals surface area (Å²) in [6.45, 7) is 0.0780. The summed E-state index contributed by atoms with van der Waals surface area (Å²) < 4.78 is 0. The molecule has 1 aromatic carbocycles. The molecule has 1 aliphatic carbocycles.